The minimum absolute atomic E-state index is 0.165. The zero-order valence-corrected chi connectivity index (χ0v) is 17.9. The average Bonchev–Trinajstić information content (AvgIpc) is 2.59. The van der Waals surface area contributed by atoms with Crippen LogP contribution in [-0.4, -0.2) is 24.1 Å². The molecule has 6 atom stereocenters. The lowest BCUT2D eigenvalue weighted by Crippen LogP contribution is -2.33. The molecule has 0 aromatic rings. The normalized spacial score (nSPS) is 33.3. The molecule has 4 heteroatoms. The second kappa shape index (κ2) is 10.1. The molecule has 4 nitrogen and oxygen atoms in total. The first-order valence-electron chi connectivity index (χ1n) is 10.6. The summed E-state index contributed by atoms with van der Waals surface area (Å²) < 4.78 is 11.3. The van der Waals surface area contributed by atoms with Gasteiger partial charge in [0, 0.05) is 24.0 Å². The summed E-state index contributed by atoms with van der Waals surface area (Å²) in [4.78, 5) is 24.5. The largest absolute Gasteiger partial charge is 0.459 e. The average molecular weight is 389 g/mol. The molecule has 0 heterocycles. The van der Waals surface area contributed by atoms with E-state index in [-0.39, 0.29) is 24.0 Å². The van der Waals surface area contributed by atoms with Crippen molar-refractivity contribution in [3.05, 3.63) is 36.5 Å². The maximum Gasteiger partial charge on any atom is 0.331 e. The summed E-state index contributed by atoms with van der Waals surface area (Å²) in [6.07, 6.45) is 7.95. The summed E-state index contributed by atoms with van der Waals surface area (Å²) in [5.74, 6) is 0.456. The number of esters is 2. The van der Waals surface area contributed by atoms with Crippen LogP contribution < -0.4 is 0 Å². The molecule has 2 rings (SSSR count). The maximum absolute atomic E-state index is 12.2. The molecule has 0 radical (unpaired) electrons. The van der Waals surface area contributed by atoms with Crippen molar-refractivity contribution in [1.82, 2.24) is 0 Å². The highest BCUT2D eigenvalue weighted by molar-refractivity contribution is 5.91. The number of hydrogen-bond acceptors (Lipinski definition) is 4. The van der Waals surface area contributed by atoms with Gasteiger partial charge in [-0.3, -0.25) is 0 Å². The first-order valence-corrected chi connectivity index (χ1v) is 10.6. The Kier molecular flexibility index (Phi) is 8.09. The zero-order chi connectivity index (χ0) is 20.8. The Morgan fingerprint density at radius 1 is 0.750 bits per heavy atom. The van der Waals surface area contributed by atoms with Gasteiger partial charge in [-0.05, 0) is 64.2 Å². The molecule has 28 heavy (non-hydrogen) atoms. The van der Waals surface area contributed by atoms with Gasteiger partial charge >= 0.3 is 11.9 Å². The van der Waals surface area contributed by atoms with Crippen molar-refractivity contribution < 1.29 is 19.1 Å². The van der Waals surface area contributed by atoms with Crippen molar-refractivity contribution in [2.45, 2.75) is 78.4 Å². The Labute approximate surface area is 170 Å². The van der Waals surface area contributed by atoms with Crippen LogP contribution in [0.1, 0.15) is 66.2 Å². The SMILES string of the molecule is C=C(C)[C@@H]1CC[C@@H](C)C[C@H]1OC(=O)/C=C/C(=O)O[C@@H]1C[C@H](C)CC[C@H]1C(=C)C. The topological polar surface area (TPSA) is 52.6 Å². The highest BCUT2D eigenvalue weighted by Gasteiger charge is 2.33. The molecule has 0 aromatic heterocycles. The summed E-state index contributed by atoms with van der Waals surface area (Å²) in [7, 11) is 0. The summed E-state index contributed by atoms with van der Waals surface area (Å²) in [5.41, 5.74) is 2.09. The van der Waals surface area contributed by atoms with Gasteiger partial charge in [0.05, 0.1) is 0 Å². The Bertz CT molecular complexity index is 579. The standard InChI is InChI=1S/C24H36O4/c1-15(2)19-9-7-17(5)13-21(19)27-23(25)11-12-24(26)28-22-14-18(6)8-10-20(22)16(3)4/h11-12,17-22H,1,3,7-10,13-14H2,2,4-6H3/b12-11+/t17-,18-,19+,20+,21-,22-/m1/s1. The Morgan fingerprint density at radius 2 is 1.11 bits per heavy atom. The highest BCUT2D eigenvalue weighted by Crippen LogP contribution is 2.35. The van der Waals surface area contributed by atoms with Gasteiger partial charge in [0.15, 0.2) is 0 Å². The number of carbonyl (C=O) groups is 2. The molecule has 156 valence electrons. The molecule has 0 saturated heterocycles. The minimum Gasteiger partial charge on any atom is -0.459 e. The van der Waals surface area contributed by atoms with Crippen molar-refractivity contribution in [1.29, 1.82) is 0 Å². The fraction of sp³-hybridized carbons (Fsp3) is 0.667. The molecule has 0 N–H and O–H groups in total. The molecule has 2 fully saturated rings. The van der Waals surface area contributed by atoms with Crippen LogP contribution in [0, 0.1) is 23.7 Å². The quantitative estimate of drug-likeness (QED) is 0.348. The first-order chi connectivity index (χ1) is 13.2. The van der Waals surface area contributed by atoms with Crippen molar-refractivity contribution >= 4 is 11.9 Å². The second-order valence-corrected chi connectivity index (χ2v) is 9.03. The van der Waals surface area contributed by atoms with Crippen LogP contribution in [0.4, 0.5) is 0 Å². The number of carbonyl (C=O) groups excluding carboxylic acids is 2. The fourth-order valence-corrected chi connectivity index (χ4v) is 4.56. The Morgan fingerprint density at radius 3 is 1.43 bits per heavy atom. The molecular formula is C24H36O4. The van der Waals surface area contributed by atoms with Crippen molar-refractivity contribution in [2.75, 3.05) is 0 Å². The van der Waals surface area contributed by atoms with E-state index in [0.717, 1.165) is 49.7 Å². The lowest BCUT2D eigenvalue weighted by molar-refractivity contribution is -0.150. The monoisotopic (exact) mass is 388 g/mol. The van der Waals surface area contributed by atoms with Gasteiger partial charge < -0.3 is 9.47 Å². The van der Waals surface area contributed by atoms with E-state index in [1.54, 1.807) is 0 Å². The molecule has 0 unspecified atom stereocenters. The predicted octanol–water partition coefficient (Wildman–Crippen LogP) is 5.39. The summed E-state index contributed by atoms with van der Waals surface area (Å²) in [6.45, 7) is 16.4. The lowest BCUT2D eigenvalue weighted by atomic mass is 9.77. The van der Waals surface area contributed by atoms with Gasteiger partial charge in [0.25, 0.3) is 0 Å². The number of rotatable bonds is 6. The molecular weight excluding hydrogens is 352 g/mol. The van der Waals surface area contributed by atoms with Gasteiger partial charge in [-0.25, -0.2) is 9.59 Å². The van der Waals surface area contributed by atoms with E-state index in [2.05, 4.69) is 27.0 Å². The third-order valence-corrected chi connectivity index (χ3v) is 6.26. The Balaban J connectivity index is 1.90. The van der Waals surface area contributed by atoms with Gasteiger partial charge in [-0.15, -0.1) is 0 Å². The Hall–Kier alpha value is -1.84. The molecule has 2 aliphatic carbocycles. The smallest absolute Gasteiger partial charge is 0.331 e. The van der Waals surface area contributed by atoms with E-state index >= 15 is 0 Å². The van der Waals surface area contributed by atoms with Crippen LogP contribution in [0.3, 0.4) is 0 Å². The third kappa shape index (κ3) is 6.35. The van der Waals surface area contributed by atoms with Crippen LogP contribution in [0.5, 0.6) is 0 Å². The van der Waals surface area contributed by atoms with Crippen LogP contribution in [0.15, 0.2) is 36.5 Å². The van der Waals surface area contributed by atoms with E-state index in [1.807, 2.05) is 13.8 Å². The highest BCUT2D eigenvalue weighted by atomic mass is 16.5. The van der Waals surface area contributed by atoms with Crippen LogP contribution >= 0.6 is 0 Å². The van der Waals surface area contributed by atoms with Crippen molar-refractivity contribution in [3.63, 3.8) is 0 Å². The second-order valence-electron chi connectivity index (χ2n) is 9.03. The number of hydrogen-bond donors (Lipinski definition) is 0. The van der Waals surface area contributed by atoms with Gasteiger partial charge in [0.2, 0.25) is 0 Å². The maximum atomic E-state index is 12.2. The van der Waals surface area contributed by atoms with Crippen LogP contribution in [0.25, 0.3) is 0 Å². The third-order valence-electron chi connectivity index (χ3n) is 6.26. The number of ether oxygens (including phenoxy) is 2. The summed E-state index contributed by atoms with van der Waals surface area (Å²) in [5, 5.41) is 0. The lowest BCUT2D eigenvalue weighted by Gasteiger charge is -2.34. The van der Waals surface area contributed by atoms with Gasteiger partial charge in [0.1, 0.15) is 12.2 Å². The van der Waals surface area contributed by atoms with Gasteiger partial charge in [-0.2, -0.15) is 0 Å². The molecule has 0 spiro atoms. The van der Waals surface area contributed by atoms with E-state index < -0.39 is 11.9 Å². The van der Waals surface area contributed by atoms with E-state index in [9.17, 15) is 9.59 Å². The first kappa shape index (κ1) is 22.4. The minimum atomic E-state index is -0.490. The van der Waals surface area contributed by atoms with E-state index in [1.165, 1.54) is 12.2 Å². The molecule has 0 bridgehead atoms. The van der Waals surface area contributed by atoms with Crippen molar-refractivity contribution in [2.24, 2.45) is 23.7 Å². The fourth-order valence-electron chi connectivity index (χ4n) is 4.56. The molecule has 0 aliphatic heterocycles. The van der Waals surface area contributed by atoms with Crippen molar-refractivity contribution in [3.8, 4) is 0 Å². The van der Waals surface area contributed by atoms with Crippen LogP contribution in [0.2, 0.25) is 0 Å². The van der Waals surface area contributed by atoms with Crippen LogP contribution in [-0.2, 0) is 19.1 Å². The molecule has 0 aromatic carbocycles. The van der Waals surface area contributed by atoms with E-state index in [0.29, 0.717) is 11.8 Å². The van der Waals surface area contributed by atoms with Gasteiger partial charge in [-0.1, -0.05) is 38.2 Å². The van der Waals surface area contributed by atoms with E-state index in [4.69, 9.17) is 9.47 Å². The summed E-state index contributed by atoms with van der Waals surface area (Å²) >= 11 is 0. The zero-order valence-electron chi connectivity index (χ0n) is 17.9. The molecule has 0 amide bonds. The summed E-state index contributed by atoms with van der Waals surface area (Å²) in [6, 6.07) is 0. The molecule has 2 saturated carbocycles. The molecule has 2 aliphatic rings. The predicted molar refractivity (Wildman–Crippen MR) is 112 cm³/mol.